The highest BCUT2D eigenvalue weighted by Gasteiger charge is 2.60. The Balaban J connectivity index is 2.28. The number of rotatable bonds is 3. The van der Waals surface area contributed by atoms with Crippen LogP contribution < -0.4 is 5.32 Å². The molecular weight excluding hydrogens is 249 g/mol. The number of carboxylic acid groups (broad SMARTS) is 1. The molecule has 0 amide bonds. The fourth-order valence-corrected chi connectivity index (χ4v) is 2.32. The van der Waals surface area contributed by atoms with Gasteiger partial charge >= 0.3 is 5.97 Å². The highest BCUT2D eigenvalue weighted by Crippen LogP contribution is 2.52. The van der Waals surface area contributed by atoms with E-state index >= 15 is 0 Å². The van der Waals surface area contributed by atoms with Gasteiger partial charge < -0.3 is 10.4 Å². The number of likely N-dealkylation sites (N-methyl/N-ethyl adjacent to an activating group) is 1. The van der Waals surface area contributed by atoms with Crippen LogP contribution in [0.4, 0.5) is 0 Å². The molecule has 0 heterocycles. The zero-order valence-electron chi connectivity index (χ0n) is 8.63. The minimum atomic E-state index is -0.836. The molecule has 1 aliphatic carbocycles. The Hall–Kier alpha value is -0.770. The van der Waals surface area contributed by atoms with E-state index in [9.17, 15) is 4.79 Å². The van der Waals surface area contributed by atoms with E-state index in [1.165, 1.54) is 0 Å². The summed E-state index contributed by atoms with van der Waals surface area (Å²) in [6, 6.07) is 5.25. The average molecular weight is 260 g/mol. The molecule has 0 aliphatic heterocycles. The summed E-state index contributed by atoms with van der Waals surface area (Å²) in [5.74, 6) is -0.865. The van der Waals surface area contributed by atoms with Crippen molar-refractivity contribution in [2.45, 2.75) is 17.9 Å². The molecule has 1 saturated carbocycles. The summed E-state index contributed by atoms with van der Waals surface area (Å²) in [4.78, 5) is 11.1. The summed E-state index contributed by atoms with van der Waals surface area (Å²) in [7, 11) is 1.66. The van der Waals surface area contributed by atoms with Gasteiger partial charge in [0, 0.05) is 5.92 Å². The second-order valence-electron chi connectivity index (χ2n) is 3.96. The number of halogens is 2. The Bertz CT molecular complexity index is 450. The van der Waals surface area contributed by atoms with Gasteiger partial charge in [-0.15, -0.1) is 0 Å². The van der Waals surface area contributed by atoms with Gasteiger partial charge in [0.05, 0.1) is 10.0 Å². The number of benzene rings is 1. The lowest BCUT2D eigenvalue weighted by Crippen LogP contribution is -2.38. The zero-order valence-corrected chi connectivity index (χ0v) is 10.1. The van der Waals surface area contributed by atoms with Gasteiger partial charge in [-0.25, -0.2) is 0 Å². The molecule has 0 spiro atoms. The summed E-state index contributed by atoms with van der Waals surface area (Å²) in [5.41, 5.74) is 0.0723. The quantitative estimate of drug-likeness (QED) is 0.877. The summed E-state index contributed by atoms with van der Waals surface area (Å²) >= 11 is 11.7. The second kappa shape index (κ2) is 3.91. The van der Waals surface area contributed by atoms with Crippen LogP contribution in [0.3, 0.4) is 0 Å². The maximum Gasteiger partial charge on any atom is 0.324 e. The first kappa shape index (κ1) is 11.7. The highest BCUT2D eigenvalue weighted by molar-refractivity contribution is 6.42. The fourth-order valence-electron chi connectivity index (χ4n) is 2.01. The van der Waals surface area contributed by atoms with Crippen LogP contribution in [0.2, 0.25) is 10.0 Å². The third kappa shape index (κ3) is 1.69. The van der Waals surface area contributed by atoms with Crippen molar-refractivity contribution in [2.24, 2.45) is 0 Å². The van der Waals surface area contributed by atoms with E-state index in [1.807, 2.05) is 6.07 Å². The molecule has 0 aromatic heterocycles. The predicted octanol–water partition coefficient (Wildman–Crippen LogP) is 2.52. The third-order valence-electron chi connectivity index (χ3n) is 3.13. The Morgan fingerprint density at radius 3 is 2.62 bits per heavy atom. The van der Waals surface area contributed by atoms with Gasteiger partial charge in [-0.2, -0.15) is 0 Å². The number of carboxylic acids is 1. The van der Waals surface area contributed by atoms with E-state index in [0.717, 1.165) is 5.56 Å². The summed E-state index contributed by atoms with van der Waals surface area (Å²) in [6.45, 7) is 0. The molecule has 0 bridgehead atoms. The SMILES string of the molecule is CNC1(C(=O)O)CC1c1ccc(Cl)c(Cl)c1. The van der Waals surface area contributed by atoms with Gasteiger partial charge in [-0.1, -0.05) is 29.3 Å². The maximum atomic E-state index is 11.1. The largest absolute Gasteiger partial charge is 0.480 e. The van der Waals surface area contributed by atoms with Crippen molar-refractivity contribution < 1.29 is 9.90 Å². The minimum Gasteiger partial charge on any atom is -0.480 e. The number of hydrogen-bond acceptors (Lipinski definition) is 2. The van der Waals surface area contributed by atoms with Crippen LogP contribution in [0, 0.1) is 0 Å². The first-order valence-corrected chi connectivity index (χ1v) is 5.64. The van der Waals surface area contributed by atoms with Crippen molar-refractivity contribution in [1.29, 1.82) is 0 Å². The molecule has 16 heavy (non-hydrogen) atoms. The van der Waals surface area contributed by atoms with Crippen molar-refractivity contribution >= 4 is 29.2 Å². The number of aliphatic carboxylic acids is 1. The van der Waals surface area contributed by atoms with Gasteiger partial charge in [0.1, 0.15) is 5.54 Å². The number of hydrogen-bond donors (Lipinski definition) is 2. The molecule has 2 unspecified atom stereocenters. The van der Waals surface area contributed by atoms with Crippen molar-refractivity contribution in [3.05, 3.63) is 33.8 Å². The molecule has 1 fully saturated rings. The molecular formula is C11H11Cl2NO2. The summed E-state index contributed by atoms with van der Waals surface area (Å²) in [6.07, 6.45) is 0.580. The van der Waals surface area contributed by atoms with Gasteiger partial charge in [-0.3, -0.25) is 4.79 Å². The Morgan fingerprint density at radius 1 is 1.50 bits per heavy atom. The molecule has 2 atom stereocenters. The molecule has 1 aromatic rings. The monoisotopic (exact) mass is 259 g/mol. The van der Waals surface area contributed by atoms with E-state index in [1.54, 1.807) is 19.2 Å². The Kier molecular flexibility index (Phi) is 2.86. The van der Waals surface area contributed by atoms with Crippen LogP contribution >= 0.6 is 23.2 Å². The van der Waals surface area contributed by atoms with E-state index < -0.39 is 11.5 Å². The van der Waals surface area contributed by atoms with E-state index in [2.05, 4.69) is 5.32 Å². The van der Waals surface area contributed by atoms with Crippen molar-refractivity contribution in [3.8, 4) is 0 Å². The molecule has 2 rings (SSSR count). The minimum absolute atomic E-state index is 0.0373. The molecule has 0 saturated heterocycles. The number of nitrogens with one attached hydrogen (secondary N) is 1. The smallest absolute Gasteiger partial charge is 0.324 e. The lowest BCUT2D eigenvalue weighted by Gasteiger charge is -2.11. The van der Waals surface area contributed by atoms with Gasteiger partial charge in [0.2, 0.25) is 0 Å². The van der Waals surface area contributed by atoms with Crippen molar-refractivity contribution in [1.82, 2.24) is 5.32 Å². The summed E-state index contributed by atoms with van der Waals surface area (Å²) in [5, 5.41) is 12.9. The first-order chi connectivity index (χ1) is 7.51. The van der Waals surface area contributed by atoms with Gasteiger partial charge in [0.25, 0.3) is 0 Å². The van der Waals surface area contributed by atoms with Crippen LogP contribution in [0.25, 0.3) is 0 Å². The van der Waals surface area contributed by atoms with Crippen LogP contribution in [0.1, 0.15) is 17.9 Å². The Labute approximate surface area is 103 Å². The van der Waals surface area contributed by atoms with Crippen LogP contribution in [-0.4, -0.2) is 23.7 Å². The lowest BCUT2D eigenvalue weighted by atomic mass is 10.1. The molecule has 5 heteroatoms. The summed E-state index contributed by atoms with van der Waals surface area (Å²) < 4.78 is 0. The van der Waals surface area contributed by atoms with E-state index in [4.69, 9.17) is 28.3 Å². The molecule has 2 N–H and O–H groups in total. The van der Waals surface area contributed by atoms with Crippen LogP contribution in [0.5, 0.6) is 0 Å². The Morgan fingerprint density at radius 2 is 2.19 bits per heavy atom. The molecule has 86 valence electrons. The molecule has 0 radical (unpaired) electrons. The first-order valence-electron chi connectivity index (χ1n) is 4.88. The van der Waals surface area contributed by atoms with E-state index in [0.29, 0.717) is 16.5 Å². The fraction of sp³-hybridized carbons (Fsp3) is 0.364. The topological polar surface area (TPSA) is 49.3 Å². The highest BCUT2D eigenvalue weighted by atomic mass is 35.5. The van der Waals surface area contributed by atoms with Crippen molar-refractivity contribution in [3.63, 3.8) is 0 Å². The maximum absolute atomic E-state index is 11.1. The van der Waals surface area contributed by atoms with Crippen molar-refractivity contribution in [2.75, 3.05) is 7.05 Å². The second-order valence-corrected chi connectivity index (χ2v) is 4.77. The zero-order chi connectivity index (χ0) is 11.9. The van der Waals surface area contributed by atoms with Crippen LogP contribution in [-0.2, 0) is 4.79 Å². The molecule has 3 nitrogen and oxygen atoms in total. The van der Waals surface area contributed by atoms with E-state index in [-0.39, 0.29) is 5.92 Å². The number of carbonyl (C=O) groups is 1. The van der Waals surface area contributed by atoms with Crippen LogP contribution in [0.15, 0.2) is 18.2 Å². The molecule has 1 aliphatic rings. The van der Waals surface area contributed by atoms with Gasteiger partial charge in [-0.05, 0) is 31.2 Å². The average Bonchev–Trinajstić information content (AvgIpc) is 2.98. The molecule has 1 aromatic carbocycles. The van der Waals surface area contributed by atoms with Gasteiger partial charge in [0.15, 0.2) is 0 Å². The predicted molar refractivity (Wildman–Crippen MR) is 63.2 cm³/mol. The lowest BCUT2D eigenvalue weighted by molar-refractivity contribution is -0.140. The third-order valence-corrected chi connectivity index (χ3v) is 3.87. The standard InChI is InChI=1S/C11H11Cl2NO2/c1-14-11(10(15)16)5-7(11)6-2-3-8(12)9(13)4-6/h2-4,7,14H,5H2,1H3,(H,15,16). The normalized spacial score (nSPS) is 27.8.